The van der Waals surface area contributed by atoms with E-state index >= 15 is 0 Å². The SMILES string of the molecule is C=CCNC(=O)CCc1cccn1C. The van der Waals surface area contributed by atoms with E-state index in [4.69, 9.17) is 0 Å². The summed E-state index contributed by atoms with van der Waals surface area (Å²) in [6, 6.07) is 4.01. The average Bonchev–Trinajstić information content (AvgIpc) is 2.58. The third-order valence-electron chi connectivity index (χ3n) is 2.10. The van der Waals surface area contributed by atoms with E-state index in [0.29, 0.717) is 13.0 Å². The summed E-state index contributed by atoms with van der Waals surface area (Å²) in [5, 5.41) is 2.75. The lowest BCUT2D eigenvalue weighted by Gasteiger charge is -2.03. The van der Waals surface area contributed by atoms with Crippen LogP contribution in [0.5, 0.6) is 0 Å². The van der Waals surface area contributed by atoms with E-state index in [1.165, 1.54) is 5.69 Å². The summed E-state index contributed by atoms with van der Waals surface area (Å²) in [7, 11) is 1.98. The summed E-state index contributed by atoms with van der Waals surface area (Å²) in [5.74, 6) is 0.0751. The molecular weight excluding hydrogens is 176 g/mol. The molecule has 1 rings (SSSR count). The van der Waals surface area contributed by atoms with Crippen LogP contribution in [-0.4, -0.2) is 17.0 Å². The van der Waals surface area contributed by atoms with Crippen LogP contribution in [-0.2, 0) is 18.3 Å². The zero-order valence-corrected chi connectivity index (χ0v) is 8.49. The van der Waals surface area contributed by atoms with Gasteiger partial charge in [0.2, 0.25) is 5.91 Å². The highest BCUT2D eigenvalue weighted by Gasteiger charge is 2.02. The van der Waals surface area contributed by atoms with Crippen molar-refractivity contribution in [1.29, 1.82) is 0 Å². The molecule has 76 valence electrons. The highest BCUT2D eigenvalue weighted by molar-refractivity contribution is 5.76. The molecule has 14 heavy (non-hydrogen) atoms. The monoisotopic (exact) mass is 192 g/mol. The number of hydrogen-bond acceptors (Lipinski definition) is 1. The molecule has 0 radical (unpaired) electrons. The van der Waals surface area contributed by atoms with Gasteiger partial charge in [0, 0.05) is 31.9 Å². The van der Waals surface area contributed by atoms with E-state index in [1.54, 1.807) is 6.08 Å². The van der Waals surface area contributed by atoms with E-state index in [1.807, 2.05) is 29.9 Å². The molecule has 0 aliphatic heterocycles. The van der Waals surface area contributed by atoms with Crippen LogP contribution in [0.1, 0.15) is 12.1 Å². The first-order valence-corrected chi connectivity index (χ1v) is 4.72. The van der Waals surface area contributed by atoms with Gasteiger partial charge in [-0.1, -0.05) is 6.08 Å². The van der Waals surface area contributed by atoms with Gasteiger partial charge < -0.3 is 9.88 Å². The molecule has 1 heterocycles. The molecule has 0 saturated carbocycles. The van der Waals surface area contributed by atoms with Crippen LogP contribution in [0.4, 0.5) is 0 Å². The second-order valence-corrected chi connectivity index (χ2v) is 3.20. The highest BCUT2D eigenvalue weighted by atomic mass is 16.1. The standard InChI is InChI=1S/C11H16N2O/c1-3-8-12-11(14)7-6-10-5-4-9-13(10)2/h3-5,9H,1,6-8H2,2H3,(H,12,14). The molecule has 0 atom stereocenters. The normalized spacial score (nSPS) is 9.79. The summed E-state index contributed by atoms with van der Waals surface area (Å²) in [5.41, 5.74) is 1.18. The van der Waals surface area contributed by atoms with Crippen LogP contribution in [0.3, 0.4) is 0 Å². The van der Waals surface area contributed by atoms with Crippen LogP contribution < -0.4 is 5.32 Å². The van der Waals surface area contributed by atoms with Crippen molar-refractivity contribution in [3.63, 3.8) is 0 Å². The van der Waals surface area contributed by atoms with E-state index in [9.17, 15) is 4.79 Å². The molecule has 0 aliphatic rings. The average molecular weight is 192 g/mol. The minimum absolute atomic E-state index is 0.0751. The van der Waals surface area contributed by atoms with Crippen molar-refractivity contribution in [2.75, 3.05) is 6.54 Å². The fourth-order valence-electron chi connectivity index (χ4n) is 1.27. The summed E-state index contributed by atoms with van der Waals surface area (Å²) >= 11 is 0. The Morgan fingerprint density at radius 2 is 2.50 bits per heavy atom. The second kappa shape index (κ2) is 5.27. The van der Waals surface area contributed by atoms with Gasteiger partial charge in [-0.25, -0.2) is 0 Å². The van der Waals surface area contributed by atoms with Gasteiger partial charge in [-0.05, 0) is 18.6 Å². The first-order valence-electron chi connectivity index (χ1n) is 4.72. The van der Waals surface area contributed by atoms with Crippen molar-refractivity contribution in [2.45, 2.75) is 12.8 Å². The Labute approximate surface area is 84.4 Å². The van der Waals surface area contributed by atoms with Crippen molar-refractivity contribution in [3.05, 3.63) is 36.7 Å². The predicted octanol–water partition coefficient (Wildman–Crippen LogP) is 1.26. The molecule has 0 aromatic carbocycles. The second-order valence-electron chi connectivity index (χ2n) is 3.20. The van der Waals surface area contributed by atoms with E-state index in [-0.39, 0.29) is 5.91 Å². The smallest absolute Gasteiger partial charge is 0.220 e. The summed E-state index contributed by atoms with van der Waals surface area (Å²) < 4.78 is 2.03. The van der Waals surface area contributed by atoms with Gasteiger partial charge in [0.25, 0.3) is 0 Å². The van der Waals surface area contributed by atoms with Crippen LogP contribution in [0.2, 0.25) is 0 Å². The number of nitrogens with zero attached hydrogens (tertiary/aromatic N) is 1. The van der Waals surface area contributed by atoms with Crippen LogP contribution in [0.25, 0.3) is 0 Å². The first kappa shape index (κ1) is 10.6. The maximum atomic E-state index is 11.2. The molecule has 0 spiro atoms. The number of aryl methyl sites for hydroxylation is 2. The van der Waals surface area contributed by atoms with Gasteiger partial charge in [0.05, 0.1) is 0 Å². The van der Waals surface area contributed by atoms with E-state index in [2.05, 4.69) is 11.9 Å². The lowest BCUT2D eigenvalue weighted by atomic mass is 10.2. The van der Waals surface area contributed by atoms with Gasteiger partial charge in [-0.3, -0.25) is 4.79 Å². The molecule has 0 bridgehead atoms. The predicted molar refractivity (Wildman–Crippen MR) is 56.9 cm³/mol. The van der Waals surface area contributed by atoms with E-state index < -0.39 is 0 Å². The minimum atomic E-state index is 0.0751. The van der Waals surface area contributed by atoms with Gasteiger partial charge in [-0.2, -0.15) is 0 Å². The summed E-state index contributed by atoms with van der Waals surface area (Å²) in [4.78, 5) is 11.2. The van der Waals surface area contributed by atoms with Gasteiger partial charge >= 0.3 is 0 Å². The zero-order chi connectivity index (χ0) is 10.4. The first-order chi connectivity index (χ1) is 6.74. The number of amides is 1. The molecule has 0 unspecified atom stereocenters. The van der Waals surface area contributed by atoms with Crippen LogP contribution in [0, 0.1) is 0 Å². The van der Waals surface area contributed by atoms with Gasteiger partial charge in [-0.15, -0.1) is 6.58 Å². The maximum absolute atomic E-state index is 11.2. The van der Waals surface area contributed by atoms with Crippen molar-refractivity contribution in [1.82, 2.24) is 9.88 Å². The summed E-state index contributed by atoms with van der Waals surface area (Å²) in [6.45, 7) is 4.09. The Balaban J connectivity index is 2.30. The Morgan fingerprint density at radius 3 is 3.07 bits per heavy atom. The molecule has 0 aliphatic carbocycles. The lowest BCUT2D eigenvalue weighted by molar-refractivity contribution is -0.120. The number of rotatable bonds is 5. The molecule has 3 nitrogen and oxygen atoms in total. The highest BCUT2D eigenvalue weighted by Crippen LogP contribution is 2.02. The number of carbonyl (C=O) groups is 1. The molecular formula is C11H16N2O. The third-order valence-corrected chi connectivity index (χ3v) is 2.10. The number of carbonyl (C=O) groups excluding carboxylic acids is 1. The van der Waals surface area contributed by atoms with Crippen molar-refractivity contribution in [2.24, 2.45) is 7.05 Å². The summed E-state index contributed by atoms with van der Waals surface area (Å²) in [6.07, 6.45) is 4.98. The number of aromatic nitrogens is 1. The largest absolute Gasteiger partial charge is 0.354 e. The molecule has 1 aromatic heterocycles. The fraction of sp³-hybridized carbons (Fsp3) is 0.364. The zero-order valence-electron chi connectivity index (χ0n) is 8.49. The molecule has 1 N–H and O–H groups in total. The molecule has 1 aromatic rings. The quantitative estimate of drug-likeness (QED) is 0.700. The topological polar surface area (TPSA) is 34.0 Å². The molecule has 0 saturated heterocycles. The van der Waals surface area contributed by atoms with Crippen LogP contribution in [0.15, 0.2) is 31.0 Å². The number of nitrogens with one attached hydrogen (secondary N) is 1. The van der Waals surface area contributed by atoms with Crippen molar-refractivity contribution in [3.8, 4) is 0 Å². The van der Waals surface area contributed by atoms with Crippen molar-refractivity contribution >= 4 is 5.91 Å². The molecule has 0 fully saturated rings. The minimum Gasteiger partial charge on any atom is -0.354 e. The van der Waals surface area contributed by atoms with Gasteiger partial charge in [0.15, 0.2) is 0 Å². The Morgan fingerprint density at radius 1 is 1.71 bits per heavy atom. The van der Waals surface area contributed by atoms with Crippen LogP contribution >= 0.6 is 0 Å². The van der Waals surface area contributed by atoms with E-state index in [0.717, 1.165) is 6.42 Å². The Bertz CT molecular complexity index is 315. The fourth-order valence-corrected chi connectivity index (χ4v) is 1.27. The molecule has 1 amide bonds. The number of hydrogen-bond donors (Lipinski definition) is 1. The Kier molecular flexibility index (Phi) is 3.98. The van der Waals surface area contributed by atoms with Crippen molar-refractivity contribution < 1.29 is 4.79 Å². The van der Waals surface area contributed by atoms with Gasteiger partial charge in [0.1, 0.15) is 0 Å². The Hall–Kier alpha value is -1.51. The third kappa shape index (κ3) is 3.09. The lowest BCUT2D eigenvalue weighted by Crippen LogP contribution is -2.23. The maximum Gasteiger partial charge on any atom is 0.220 e. The molecule has 3 heteroatoms.